The van der Waals surface area contributed by atoms with Crippen molar-refractivity contribution in [3.63, 3.8) is 0 Å². The number of aromatic nitrogens is 7. The van der Waals surface area contributed by atoms with Crippen LogP contribution in [0.4, 0.5) is 0 Å². The molecule has 154 valence electrons. The van der Waals surface area contributed by atoms with Gasteiger partial charge in [-0.15, -0.1) is 0 Å². The van der Waals surface area contributed by atoms with Crippen molar-refractivity contribution >= 4 is 11.0 Å². The number of rotatable bonds is 5. The smallest absolute Gasteiger partial charge is 0.137 e. The molecule has 1 unspecified atom stereocenters. The second-order valence-corrected chi connectivity index (χ2v) is 7.46. The maximum atomic E-state index is 11.4. The number of aromatic amines is 1. The van der Waals surface area contributed by atoms with Crippen molar-refractivity contribution in [2.24, 2.45) is 7.05 Å². The van der Waals surface area contributed by atoms with E-state index < -0.39 is 5.60 Å². The summed E-state index contributed by atoms with van der Waals surface area (Å²) in [6.45, 7) is 1.93. The molecule has 0 saturated heterocycles. The molecule has 0 fully saturated rings. The number of nitrogens with zero attached hydrogens (tertiary/aromatic N) is 6. The number of nitrogens with one attached hydrogen (secondary N) is 1. The molecule has 0 aromatic carbocycles. The Hall–Kier alpha value is -3.91. The monoisotopic (exact) mass is 411 g/mol. The fourth-order valence-electron chi connectivity index (χ4n) is 3.83. The maximum Gasteiger partial charge on any atom is 0.137 e. The molecule has 0 aliphatic heterocycles. The van der Waals surface area contributed by atoms with Gasteiger partial charge in [0.2, 0.25) is 0 Å². The summed E-state index contributed by atoms with van der Waals surface area (Å²) in [7, 11) is 1.89. The predicted octanol–water partition coefficient (Wildman–Crippen LogP) is 3.46. The van der Waals surface area contributed by atoms with Crippen LogP contribution in [0.15, 0.2) is 67.8 Å². The van der Waals surface area contributed by atoms with Crippen molar-refractivity contribution < 1.29 is 5.11 Å². The summed E-state index contributed by atoms with van der Waals surface area (Å²) < 4.78 is 1.76. The van der Waals surface area contributed by atoms with E-state index in [9.17, 15) is 5.11 Å². The molecule has 2 N–H and O–H groups in total. The lowest BCUT2D eigenvalue weighted by Gasteiger charge is -2.26. The molecular weight excluding hydrogens is 390 g/mol. The van der Waals surface area contributed by atoms with Crippen molar-refractivity contribution in [1.82, 2.24) is 34.7 Å². The highest BCUT2D eigenvalue weighted by Crippen LogP contribution is 2.34. The minimum atomic E-state index is -1.23. The van der Waals surface area contributed by atoms with Gasteiger partial charge in [-0.25, -0.2) is 15.0 Å². The Balaban J connectivity index is 1.61. The van der Waals surface area contributed by atoms with Crippen molar-refractivity contribution in [1.29, 1.82) is 0 Å². The summed E-state index contributed by atoms with van der Waals surface area (Å²) in [4.78, 5) is 20.7. The molecule has 31 heavy (non-hydrogen) atoms. The quantitative estimate of drug-likeness (QED) is 0.459. The Morgan fingerprint density at radius 3 is 2.65 bits per heavy atom. The Kier molecular flexibility index (Phi) is 4.56. The van der Waals surface area contributed by atoms with Gasteiger partial charge in [0.1, 0.15) is 17.6 Å². The Morgan fingerprint density at radius 2 is 1.90 bits per heavy atom. The predicted molar refractivity (Wildman–Crippen MR) is 117 cm³/mol. The number of aliphatic hydroxyl groups is 1. The fourth-order valence-corrected chi connectivity index (χ4v) is 3.83. The van der Waals surface area contributed by atoms with Crippen LogP contribution in [-0.2, 0) is 12.6 Å². The molecule has 0 radical (unpaired) electrons. The molecule has 8 heteroatoms. The highest BCUT2D eigenvalue weighted by atomic mass is 16.3. The maximum absolute atomic E-state index is 11.4. The number of aryl methyl sites for hydroxylation is 1. The minimum absolute atomic E-state index is 0.466. The van der Waals surface area contributed by atoms with Gasteiger partial charge in [-0.05, 0) is 36.2 Å². The van der Waals surface area contributed by atoms with Crippen LogP contribution in [0.3, 0.4) is 0 Å². The number of H-pyrrole nitrogens is 1. The first-order valence-corrected chi connectivity index (χ1v) is 10.0. The Labute approximate surface area is 178 Å². The first-order valence-electron chi connectivity index (χ1n) is 10.0. The molecule has 5 rings (SSSR count). The molecule has 1 atom stereocenters. The van der Waals surface area contributed by atoms with Crippen molar-refractivity contribution in [3.05, 3.63) is 79.0 Å². The van der Waals surface area contributed by atoms with Gasteiger partial charge in [-0.3, -0.25) is 9.67 Å². The summed E-state index contributed by atoms with van der Waals surface area (Å²) in [5.74, 6) is 0. The van der Waals surface area contributed by atoms with Gasteiger partial charge < -0.3 is 10.1 Å². The van der Waals surface area contributed by atoms with Gasteiger partial charge in [0, 0.05) is 60.1 Å². The second kappa shape index (κ2) is 7.41. The molecule has 0 aliphatic rings. The average Bonchev–Trinajstić information content (AvgIpc) is 3.45. The highest BCUT2D eigenvalue weighted by molar-refractivity contribution is 5.94. The van der Waals surface area contributed by atoms with Gasteiger partial charge in [0.15, 0.2) is 0 Å². The van der Waals surface area contributed by atoms with Crippen molar-refractivity contribution in [2.45, 2.75) is 18.9 Å². The molecule has 0 spiro atoms. The molecule has 5 aromatic heterocycles. The highest BCUT2D eigenvalue weighted by Gasteiger charge is 2.31. The molecule has 0 aliphatic carbocycles. The van der Waals surface area contributed by atoms with E-state index >= 15 is 0 Å². The topological polar surface area (TPSA) is 105 Å². The average molecular weight is 411 g/mol. The SMILES string of the molecule is CCC(O)(c1ccncc1)c1cc(-c2c[nH]c3ncc(-c4cnn(C)c4)cc23)ncn1. The number of pyridine rings is 2. The third kappa shape index (κ3) is 3.27. The van der Waals surface area contributed by atoms with Crippen LogP contribution < -0.4 is 0 Å². The van der Waals surface area contributed by atoms with Gasteiger partial charge in [0.05, 0.1) is 17.6 Å². The first-order chi connectivity index (χ1) is 15.1. The van der Waals surface area contributed by atoms with E-state index in [0.29, 0.717) is 17.8 Å². The molecule has 8 nitrogen and oxygen atoms in total. The van der Waals surface area contributed by atoms with E-state index in [1.54, 1.807) is 29.2 Å². The van der Waals surface area contributed by atoms with Crippen LogP contribution >= 0.6 is 0 Å². The number of hydrogen-bond acceptors (Lipinski definition) is 6. The molecule has 0 bridgehead atoms. The summed E-state index contributed by atoms with van der Waals surface area (Å²) in [5.41, 5.74) is 4.38. The Morgan fingerprint density at radius 1 is 1.06 bits per heavy atom. The van der Waals surface area contributed by atoms with Crippen LogP contribution in [0.1, 0.15) is 24.6 Å². The number of hydrogen-bond donors (Lipinski definition) is 2. The van der Waals surface area contributed by atoms with E-state index in [2.05, 4.69) is 36.1 Å². The molecular formula is C23H21N7O. The number of fused-ring (bicyclic) bond motifs is 1. The van der Waals surface area contributed by atoms with Crippen molar-refractivity contribution in [2.75, 3.05) is 0 Å². The van der Waals surface area contributed by atoms with E-state index in [0.717, 1.165) is 33.3 Å². The molecule has 0 saturated carbocycles. The third-order valence-corrected chi connectivity index (χ3v) is 5.61. The fraction of sp³-hybridized carbons (Fsp3) is 0.174. The minimum Gasteiger partial charge on any atom is -0.379 e. The van der Waals surface area contributed by atoms with Crippen molar-refractivity contribution in [3.8, 4) is 22.4 Å². The van der Waals surface area contributed by atoms with Gasteiger partial charge in [-0.2, -0.15) is 5.10 Å². The summed E-state index contributed by atoms with van der Waals surface area (Å²) in [5, 5.41) is 16.6. The molecule has 5 aromatic rings. The summed E-state index contributed by atoms with van der Waals surface area (Å²) in [6.07, 6.45) is 12.8. The second-order valence-electron chi connectivity index (χ2n) is 7.46. The zero-order valence-corrected chi connectivity index (χ0v) is 17.2. The largest absolute Gasteiger partial charge is 0.379 e. The lowest BCUT2D eigenvalue weighted by atomic mass is 9.87. The van der Waals surface area contributed by atoms with Crippen LogP contribution in [-0.4, -0.2) is 39.8 Å². The zero-order valence-electron chi connectivity index (χ0n) is 17.2. The Bertz CT molecular complexity index is 1360. The van der Waals surface area contributed by atoms with Crippen LogP contribution in [0, 0.1) is 0 Å². The lowest BCUT2D eigenvalue weighted by molar-refractivity contribution is 0.0717. The normalized spacial score (nSPS) is 13.4. The van der Waals surface area contributed by atoms with Crippen LogP contribution in [0.5, 0.6) is 0 Å². The summed E-state index contributed by atoms with van der Waals surface area (Å²) >= 11 is 0. The third-order valence-electron chi connectivity index (χ3n) is 5.61. The van der Waals surface area contributed by atoms with Crippen LogP contribution in [0.25, 0.3) is 33.4 Å². The standard InChI is InChI=1S/C23H21N7O/c1-3-23(31,17-4-6-24-7-5-17)21-9-20(27-14-28-21)19-12-26-22-18(19)8-15(10-25-22)16-11-29-30(2)13-16/h4-14,31H,3H2,1-2H3,(H,25,26). The van der Waals surface area contributed by atoms with Gasteiger partial charge >= 0.3 is 0 Å². The van der Waals surface area contributed by atoms with Gasteiger partial charge in [0.25, 0.3) is 0 Å². The summed E-state index contributed by atoms with van der Waals surface area (Å²) in [6, 6.07) is 7.52. The van der Waals surface area contributed by atoms with E-state index in [1.165, 1.54) is 6.33 Å². The van der Waals surface area contributed by atoms with E-state index in [-0.39, 0.29) is 0 Å². The molecule has 5 heterocycles. The lowest BCUT2D eigenvalue weighted by Crippen LogP contribution is -2.27. The first kappa shape index (κ1) is 19.1. The van der Waals surface area contributed by atoms with Crippen LogP contribution in [0.2, 0.25) is 0 Å². The van der Waals surface area contributed by atoms with E-state index in [4.69, 9.17) is 0 Å². The molecule has 0 amide bonds. The zero-order chi connectivity index (χ0) is 21.4. The van der Waals surface area contributed by atoms with Gasteiger partial charge in [-0.1, -0.05) is 6.92 Å². The van der Waals surface area contributed by atoms with E-state index in [1.807, 2.05) is 44.8 Å².